The number of rotatable bonds is 4. The van der Waals surface area contributed by atoms with Crippen molar-refractivity contribution in [2.24, 2.45) is 0 Å². The second kappa shape index (κ2) is 7.07. The van der Waals surface area contributed by atoms with Crippen LogP contribution in [0.1, 0.15) is 12.5 Å². The van der Waals surface area contributed by atoms with Gasteiger partial charge >= 0.3 is 0 Å². The highest BCUT2D eigenvalue weighted by atomic mass is 35.5. The van der Waals surface area contributed by atoms with Gasteiger partial charge in [-0.15, -0.1) is 0 Å². The molecule has 0 aliphatic heterocycles. The summed E-state index contributed by atoms with van der Waals surface area (Å²) in [6.07, 6.45) is -0.937. The van der Waals surface area contributed by atoms with E-state index in [1.54, 1.807) is 0 Å². The smallest absolute Gasteiger partial charge is 0.265 e. The van der Waals surface area contributed by atoms with Gasteiger partial charge in [0.2, 0.25) is 0 Å². The van der Waals surface area contributed by atoms with Gasteiger partial charge in [-0.05, 0) is 37.3 Å². The van der Waals surface area contributed by atoms with E-state index in [4.69, 9.17) is 21.6 Å². The minimum absolute atomic E-state index is 0.107. The predicted molar refractivity (Wildman–Crippen MR) is 81.2 cm³/mol. The molecule has 1 amide bonds. The molecule has 2 aromatic rings. The second-order valence-electron chi connectivity index (χ2n) is 4.64. The topological polar surface area (TPSA) is 62.1 Å². The van der Waals surface area contributed by atoms with Gasteiger partial charge in [-0.1, -0.05) is 11.6 Å². The average Bonchev–Trinajstić information content (AvgIpc) is 2.52. The Hall–Kier alpha value is -2.65. The van der Waals surface area contributed by atoms with E-state index >= 15 is 0 Å². The summed E-state index contributed by atoms with van der Waals surface area (Å²) in [5.41, 5.74) is 0.469. The first-order valence-electron chi connectivity index (χ1n) is 6.53. The fourth-order valence-electron chi connectivity index (χ4n) is 1.73. The molecule has 0 aliphatic rings. The average molecular weight is 337 g/mol. The van der Waals surface area contributed by atoms with Crippen LogP contribution in [0.3, 0.4) is 0 Å². The number of hydrogen-bond donors (Lipinski definition) is 1. The van der Waals surface area contributed by atoms with Crippen LogP contribution in [0.2, 0.25) is 5.02 Å². The van der Waals surface area contributed by atoms with Crippen LogP contribution in [0.25, 0.3) is 0 Å². The molecule has 1 N–H and O–H groups in total. The van der Waals surface area contributed by atoms with Crippen LogP contribution < -0.4 is 10.1 Å². The number of carbonyl (C=O) groups excluding carboxylic acids is 1. The van der Waals surface area contributed by atoms with E-state index in [1.807, 2.05) is 6.07 Å². The summed E-state index contributed by atoms with van der Waals surface area (Å²) in [5.74, 6) is -2.39. The van der Waals surface area contributed by atoms with Crippen LogP contribution >= 0.6 is 11.6 Å². The Morgan fingerprint density at radius 3 is 2.61 bits per heavy atom. The van der Waals surface area contributed by atoms with E-state index in [1.165, 1.54) is 31.2 Å². The molecule has 2 rings (SSSR count). The number of benzene rings is 2. The summed E-state index contributed by atoms with van der Waals surface area (Å²) < 4.78 is 31.4. The lowest BCUT2D eigenvalue weighted by Crippen LogP contribution is -2.30. The van der Waals surface area contributed by atoms with Crippen LogP contribution in [-0.4, -0.2) is 12.0 Å². The molecule has 0 radical (unpaired) electrons. The summed E-state index contributed by atoms with van der Waals surface area (Å²) in [6.45, 7) is 1.48. The molecule has 1 atom stereocenters. The van der Waals surface area contributed by atoms with Crippen molar-refractivity contribution in [3.05, 3.63) is 58.6 Å². The van der Waals surface area contributed by atoms with Crippen molar-refractivity contribution >= 4 is 23.2 Å². The van der Waals surface area contributed by atoms with Gasteiger partial charge in [0, 0.05) is 11.8 Å². The molecule has 2 aromatic carbocycles. The van der Waals surface area contributed by atoms with Gasteiger partial charge in [0.15, 0.2) is 17.7 Å². The molecule has 0 saturated heterocycles. The highest BCUT2D eigenvalue weighted by molar-refractivity contribution is 6.32. The van der Waals surface area contributed by atoms with E-state index in [-0.39, 0.29) is 16.5 Å². The van der Waals surface area contributed by atoms with Crippen molar-refractivity contribution in [1.29, 1.82) is 5.26 Å². The van der Waals surface area contributed by atoms with Crippen LogP contribution in [0.4, 0.5) is 14.5 Å². The maximum absolute atomic E-state index is 13.1. The fourth-order valence-corrected chi connectivity index (χ4v) is 1.95. The summed E-state index contributed by atoms with van der Waals surface area (Å²) in [4.78, 5) is 12.0. The van der Waals surface area contributed by atoms with E-state index in [2.05, 4.69) is 5.32 Å². The Balaban J connectivity index is 2.05. The molecule has 118 valence electrons. The summed E-state index contributed by atoms with van der Waals surface area (Å²) in [5, 5.41) is 11.4. The molecule has 1 unspecified atom stereocenters. The van der Waals surface area contributed by atoms with Crippen molar-refractivity contribution in [2.75, 3.05) is 5.32 Å². The van der Waals surface area contributed by atoms with Gasteiger partial charge < -0.3 is 10.1 Å². The number of nitrogens with one attached hydrogen (secondary N) is 1. The molecule has 4 nitrogen and oxygen atoms in total. The van der Waals surface area contributed by atoms with Crippen LogP contribution in [0, 0.1) is 23.0 Å². The number of nitriles is 1. The molecule has 0 bridgehead atoms. The molecule has 0 aliphatic carbocycles. The zero-order valence-electron chi connectivity index (χ0n) is 11.9. The zero-order chi connectivity index (χ0) is 17.0. The Morgan fingerprint density at radius 1 is 1.26 bits per heavy atom. The number of carbonyl (C=O) groups is 1. The van der Waals surface area contributed by atoms with E-state index in [0.717, 1.165) is 12.1 Å². The van der Waals surface area contributed by atoms with E-state index in [0.29, 0.717) is 5.56 Å². The predicted octanol–water partition coefficient (Wildman–Crippen LogP) is 3.90. The quantitative estimate of drug-likeness (QED) is 0.921. The van der Waals surface area contributed by atoms with Gasteiger partial charge in [0.1, 0.15) is 5.75 Å². The molecule has 23 heavy (non-hydrogen) atoms. The molecule has 0 heterocycles. The summed E-state index contributed by atoms with van der Waals surface area (Å²) in [6, 6.07) is 9.33. The highest BCUT2D eigenvalue weighted by Crippen LogP contribution is 2.26. The van der Waals surface area contributed by atoms with E-state index < -0.39 is 23.6 Å². The maximum Gasteiger partial charge on any atom is 0.265 e. The monoisotopic (exact) mass is 336 g/mol. The van der Waals surface area contributed by atoms with Crippen molar-refractivity contribution < 1.29 is 18.3 Å². The van der Waals surface area contributed by atoms with E-state index in [9.17, 15) is 13.6 Å². The minimum atomic E-state index is -1.06. The van der Waals surface area contributed by atoms with Crippen LogP contribution in [-0.2, 0) is 4.79 Å². The number of halogens is 3. The number of ether oxygens (including phenoxy) is 1. The Morgan fingerprint density at radius 2 is 2.00 bits per heavy atom. The molecule has 7 heteroatoms. The molecule has 0 fully saturated rings. The molecule has 0 saturated carbocycles. The van der Waals surface area contributed by atoms with Gasteiger partial charge in [-0.3, -0.25) is 4.79 Å². The van der Waals surface area contributed by atoms with Crippen LogP contribution in [0.5, 0.6) is 5.75 Å². The number of amides is 1. The van der Waals surface area contributed by atoms with Crippen molar-refractivity contribution in [1.82, 2.24) is 0 Å². The molecule has 0 spiro atoms. The normalized spacial score (nSPS) is 11.4. The standard InChI is InChI=1S/C16H11ClF2N2O2/c1-9(23-15-5-2-10(8-20)6-12(15)17)16(22)21-11-3-4-13(18)14(19)7-11/h2-7,9H,1H3,(H,21,22). The van der Waals surface area contributed by atoms with Gasteiger partial charge in [0.25, 0.3) is 5.91 Å². The van der Waals surface area contributed by atoms with Gasteiger partial charge in [-0.2, -0.15) is 5.26 Å². The number of hydrogen-bond acceptors (Lipinski definition) is 3. The molecular weight excluding hydrogens is 326 g/mol. The largest absolute Gasteiger partial charge is 0.479 e. The Labute approximate surface area is 136 Å². The Bertz CT molecular complexity index is 790. The minimum Gasteiger partial charge on any atom is -0.479 e. The van der Waals surface area contributed by atoms with Crippen molar-refractivity contribution in [2.45, 2.75) is 13.0 Å². The number of nitrogens with zero attached hydrogens (tertiary/aromatic N) is 1. The molecule has 0 aromatic heterocycles. The lowest BCUT2D eigenvalue weighted by molar-refractivity contribution is -0.122. The van der Waals surface area contributed by atoms with Gasteiger partial charge in [-0.25, -0.2) is 8.78 Å². The summed E-state index contributed by atoms with van der Waals surface area (Å²) >= 11 is 5.96. The van der Waals surface area contributed by atoms with Crippen molar-refractivity contribution in [3.8, 4) is 11.8 Å². The maximum atomic E-state index is 13.1. The number of anilines is 1. The third kappa shape index (κ3) is 4.18. The SMILES string of the molecule is CC(Oc1ccc(C#N)cc1Cl)C(=O)Nc1ccc(F)c(F)c1. The highest BCUT2D eigenvalue weighted by Gasteiger charge is 2.17. The lowest BCUT2D eigenvalue weighted by Gasteiger charge is -2.15. The second-order valence-corrected chi connectivity index (χ2v) is 5.04. The first kappa shape index (κ1) is 16.7. The van der Waals surface area contributed by atoms with Gasteiger partial charge in [0.05, 0.1) is 16.7 Å². The Kier molecular flexibility index (Phi) is 5.14. The first-order chi connectivity index (χ1) is 10.9. The summed E-state index contributed by atoms with van der Waals surface area (Å²) in [7, 11) is 0. The first-order valence-corrected chi connectivity index (χ1v) is 6.90. The fraction of sp³-hybridized carbons (Fsp3) is 0.125. The third-order valence-electron chi connectivity index (χ3n) is 2.92. The van der Waals surface area contributed by atoms with Crippen LogP contribution in [0.15, 0.2) is 36.4 Å². The zero-order valence-corrected chi connectivity index (χ0v) is 12.7. The third-order valence-corrected chi connectivity index (χ3v) is 3.22. The lowest BCUT2D eigenvalue weighted by atomic mass is 10.2. The molecular formula is C16H11ClF2N2O2. The van der Waals surface area contributed by atoms with Crippen molar-refractivity contribution in [3.63, 3.8) is 0 Å².